The largest absolute Gasteiger partial charge is 0.339 e. The van der Waals surface area contributed by atoms with E-state index in [2.05, 4.69) is 20.8 Å². The molecular weight excluding hydrogens is 403 g/mol. The highest BCUT2D eigenvalue weighted by Gasteiger charge is 2.08. The van der Waals surface area contributed by atoms with E-state index in [1.54, 1.807) is 66.7 Å². The van der Waals surface area contributed by atoms with E-state index in [-0.39, 0.29) is 11.7 Å². The highest BCUT2D eigenvalue weighted by molar-refractivity contribution is 6.30. The summed E-state index contributed by atoms with van der Waals surface area (Å²) in [7, 11) is 0. The van der Waals surface area contributed by atoms with Gasteiger partial charge < -0.3 is 10.6 Å². The number of hydrogen-bond donors (Lipinski definition) is 2. The van der Waals surface area contributed by atoms with Gasteiger partial charge in [-0.15, -0.1) is 10.2 Å². The first-order chi connectivity index (χ1) is 14.6. The summed E-state index contributed by atoms with van der Waals surface area (Å²) in [6, 6.07) is 23.6. The maximum absolute atomic E-state index is 13.4. The lowest BCUT2D eigenvalue weighted by Crippen LogP contribution is -2.12. The lowest BCUT2D eigenvalue weighted by molar-refractivity contribution is 0.102. The second-order valence-electron chi connectivity index (χ2n) is 6.48. The maximum Gasteiger partial charge on any atom is 0.255 e. The van der Waals surface area contributed by atoms with Gasteiger partial charge in [0.2, 0.25) is 0 Å². The number of carbonyl (C=O) groups excluding carboxylic acids is 1. The van der Waals surface area contributed by atoms with Crippen LogP contribution in [0.3, 0.4) is 0 Å². The first kappa shape index (κ1) is 19.5. The fourth-order valence-electron chi connectivity index (χ4n) is 2.82. The van der Waals surface area contributed by atoms with Crippen molar-refractivity contribution in [3.05, 3.63) is 101 Å². The molecule has 3 aromatic carbocycles. The summed E-state index contributed by atoms with van der Waals surface area (Å²) in [5.74, 6) is -0.0656. The number of amides is 1. The Bertz CT molecular complexity index is 1180. The smallest absolute Gasteiger partial charge is 0.255 e. The maximum atomic E-state index is 13.4. The van der Waals surface area contributed by atoms with Crippen molar-refractivity contribution in [2.24, 2.45) is 0 Å². The van der Waals surface area contributed by atoms with Crippen LogP contribution < -0.4 is 10.6 Å². The van der Waals surface area contributed by atoms with Crippen molar-refractivity contribution in [3.8, 4) is 11.3 Å². The molecule has 0 saturated heterocycles. The van der Waals surface area contributed by atoms with Gasteiger partial charge in [0.05, 0.1) is 5.69 Å². The number of benzene rings is 3. The molecular formula is C23H16ClFN4O. The summed E-state index contributed by atoms with van der Waals surface area (Å²) in [6.45, 7) is 0. The molecule has 0 bridgehead atoms. The van der Waals surface area contributed by atoms with Crippen molar-refractivity contribution in [1.29, 1.82) is 0 Å². The third-order valence-corrected chi connectivity index (χ3v) is 4.54. The molecule has 0 radical (unpaired) electrons. The number of rotatable bonds is 5. The van der Waals surface area contributed by atoms with Gasteiger partial charge in [-0.05, 0) is 66.7 Å². The van der Waals surface area contributed by atoms with Crippen molar-refractivity contribution in [2.75, 3.05) is 10.6 Å². The van der Waals surface area contributed by atoms with Crippen LogP contribution in [-0.4, -0.2) is 16.1 Å². The second-order valence-corrected chi connectivity index (χ2v) is 6.92. The van der Waals surface area contributed by atoms with Crippen LogP contribution in [0.5, 0.6) is 0 Å². The van der Waals surface area contributed by atoms with Crippen molar-refractivity contribution >= 4 is 34.7 Å². The molecule has 0 spiro atoms. The van der Waals surface area contributed by atoms with E-state index in [9.17, 15) is 9.18 Å². The predicted molar refractivity (Wildman–Crippen MR) is 117 cm³/mol. The molecule has 0 aliphatic carbocycles. The van der Waals surface area contributed by atoms with E-state index in [4.69, 9.17) is 11.6 Å². The van der Waals surface area contributed by atoms with Gasteiger partial charge in [0.25, 0.3) is 5.91 Å². The highest BCUT2D eigenvalue weighted by atomic mass is 35.5. The molecule has 1 aromatic heterocycles. The van der Waals surface area contributed by atoms with Gasteiger partial charge in [-0.3, -0.25) is 4.79 Å². The third-order valence-electron chi connectivity index (χ3n) is 4.28. The number of nitrogens with zero attached hydrogens (tertiary/aromatic N) is 2. The molecule has 0 saturated carbocycles. The fraction of sp³-hybridized carbons (Fsp3) is 0. The Morgan fingerprint density at radius 2 is 1.63 bits per heavy atom. The minimum absolute atomic E-state index is 0.242. The molecule has 0 fully saturated rings. The third kappa shape index (κ3) is 4.79. The average Bonchev–Trinajstić information content (AvgIpc) is 2.76. The van der Waals surface area contributed by atoms with Gasteiger partial charge in [0, 0.05) is 27.5 Å². The Hall–Kier alpha value is -3.77. The number of anilines is 3. The Morgan fingerprint density at radius 1 is 0.833 bits per heavy atom. The van der Waals surface area contributed by atoms with E-state index in [0.717, 1.165) is 0 Å². The number of aromatic nitrogens is 2. The van der Waals surface area contributed by atoms with E-state index in [1.807, 2.05) is 6.07 Å². The molecule has 7 heteroatoms. The molecule has 1 heterocycles. The molecule has 30 heavy (non-hydrogen) atoms. The van der Waals surface area contributed by atoms with E-state index >= 15 is 0 Å². The Morgan fingerprint density at radius 3 is 2.37 bits per heavy atom. The Balaban J connectivity index is 1.46. The quantitative estimate of drug-likeness (QED) is 0.421. The zero-order chi connectivity index (χ0) is 20.9. The van der Waals surface area contributed by atoms with E-state index < -0.39 is 0 Å². The van der Waals surface area contributed by atoms with Crippen LogP contribution >= 0.6 is 11.6 Å². The highest BCUT2D eigenvalue weighted by Crippen LogP contribution is 2.21. The zero-order valence-electron chi connectivity index (χ0n) is 15.6. The van der Waals surface area contributed by atoms with E-state index in [1.165, 1.54) is 12.1 Å². The monoisotopic (exact) mass is 418 g/mol. The van der Waals surface area contributed by atoms with Gasteiger partial charge in [0.1, 0.15) is 5.82 Å². The van der Waals surface area contributed by atoms with Gasteiger partial charge in [0.15, 0.2) is 5.82 Å². The first-order valence-electron chi connectivity index (χ1n) is 9.10. The van der Waals surface area contributed by atoms with Crippen LogP contribution in [0.2, 0.25) is 5.02 Å². The zero-order valence-corrected chi connectivity index (χ0v) is 16.4. The van der Waals surface area contributed by atoms with Gasteiger partial charge >= 0.3 is 0 Å². The summed E-state index contributed by atoms with van der Waals surface area (Å²) in [4.78, 5) is 12.5. The summed E-state index contributed by atoms with van der Waals surface area (Å²) >= 11 is 5.87. The molecule has 0 atom stereocenters. The summed E-state index contributed by atoms with van der Waals surface area (Å²) in [6.07, 6.45) is 0. The van der Waals surface area contributed by atoms with Crippen LogP contribution in [0.25, 0.3) is 11.3 Å². The lowest BCUT2D eigenvalue weighted by Gasteiger charge is -2.09. The number of carbonyl (C=O) groups is 1. The van der Waals surface area contributed by atoms with Crippen molar-refractivity contribution < 1.29 is 9.18 Å². The minimum Gasteiger partial charge on any atom is -0.339 e. The van der Waals surface area contributed by atoms with Crippen LogP contribution in [0.1, 0.15) is 10.4 Å². The average molecular weight is 419 g/mol. The molecule has 0 aliphatic rings. The summed E-state index contributed by atoms with van der Waals surface area (Å²) < 4.78 is 13.4. The van der Waals surface area contributed by atoms with Crippen molar-refractivity contribution in [1.82, 2.24) is 10.2 Å². The molecule has 4 aromatic rings. The Kier molecular flexibility index (Phi) is 5.68. The van der Waals surface area contributed by atoms with Crippen LogP contribution in [0.15, 0.2) is 84.9 Å². The van der Waals surface area contributed by atoms with Crippen molar-refractivity contribution in [2.45, 2.75) is 0 Å². The van der Waals surface area contributed by atoms with Crippen LogP contribution in [0, 0.1) is 5.82 Å². The number of halogens is 2. The second kappa shape index (κ2) is 8.71. The van der Waals surface area contributed by atoms with Crippen LogP contribution in [-0.2, 0) is 0 Å². The molecule has 1 amide bonds. The topological polar surface area (TPSA) is 66.9 Å². The standard InChI is InChI=1S/C23H16ClFN4O/c24-17-7-9-19(10-8-17)27-23(30)16-4-2-6-20(14-16)26-22-12-11-21(28-29-22)15-3-1-5-18(25)13-15/h1-14H,(H,26,29)(H,27,30). The lowest BCUT2D eigenvalue weighted by atomic mass is 10.1. The Labute approximate surface area is 177 Å². The predicted octanol–water partition coefficient (Wildman–Crippen LogP) is 5.93. The SMILES string of the molecule is O=C(Nc1ccc(Cl)cc1)c1cccc(Nc2ccc(-c3cccc(F)c3)nn2)c1. The van der Waals surface area contributed by atoms with Crippen molar-refractivity contribution in [3.63, 3.8) is 0 Å². The van der Waals surface area contributed by atoms with E-state index in [0.29, 0.717) is 39.0 Å². The minimum atomic E-state index is -0.329. The summed E-state index contributed by atoms with van der Waals surface area (Å²) in [5, 5.41) is 14.8. The number of hydrogen-bond acceptors (Lipinski definition) is 4. The first-order valence-corrected chi connectivity index (χ1v) is 9.48. The molecule has 148 valence electrons. The normalized spacial score (nSPS) is 10.5. The van der Waals surface area contributed by atoms with Gasteiger partial charge in [-0.2, -0.15) is 0 Å². The molecule has 4 rings (SSSR count). The molecule has 0 aliphatic heterocycles. The fourth-order valence-corrected chi connectivity index (χ4v) is 2.95. The molecule has 0 unspecified atom stereocenters. The van der Waals surface area contributed by atoms with Crippen LogP contribution in [0.4, 0.5) is 21.6 Å². The number of nitrogens with one attached hydrogen (secondary N) is 2. The van der Waals surface area contributed by atoms with Gasteiger partial charge in [-0.1, -0.05) is 29.8 Å². The molecule has 5 nitrogen and oxygen atoms in total. The molecule has 2 N–H and O–H groups in total. The summed E-state index contributed by atoms with van der Waals surface area (Å²) in [5.41, 5.74) is 3.04. The van der Waals surface area contributed by atoms with Gasteiger partial charge in [-0.25, -0.2) is 4.39 Å².